The second-order valence-corrected chi connectivity index (χ2v) is 6.83. The zero-order chi connectivity index (χ0) is 22.1. The van der Waals surface area contributed by atoms with Crippen molar-refractivity contribution in [2.75, 3.05) is 0 Å². The van der Waals surface area contributed by atoms with E-state index in [9.17, 15) is 22.8 Å². The van der Waals surface area contributed by atoms with Crippen molar-refractivity contribution in [3.05, 3.63) is 78.9 Å². The Balaban J connectivity index is 1.76. The van der Waals surface area contributed by atoms with Crippen LogP contribution in [-0.2, 0) is 6.61 Å². The van der Waals surface area contributed by atoms with Gasteiger partial charge in [0.2, 0.25) is 5.43 Å². The first-order valence-electron chi connectivity index (χ1n) is 8.64. The Morgan fingerprint density at radius 3 is 2.33 bits per heavy atom. The first kappa shape index (κ1) is 21.5. The predicted octanol–water partition coefficient (Wildman–Crippen LogP) is 4.48. The molecule has 0 saturated carbocycles. The molecule has 0 atom stereocenters. The summed E-state index contributed by atoms with van der Waals surface area (Å²) in [5.74, 6) is -0.215. The van der Waals surface area contributed by atoms with Gasteiger partial charge in [0.05, 0.1) is 11.1 Å². The lowest BCUT2D eigenvalue weighted by Gasteiger charge is -2.11. The standard InChI is InChI=1S/C20H16ClF3N2O4/c1-10-17(19(28)18(21)11(2)26-10)14-8-25-16(7-15(14)27)29-9-12-3-5-13(6-4-12)30-20(22,23)24/h3-8H,9H2,1-2H3,(H,25,27)(H,26,28). The summed E-state index contributed by atoms with van der Waals surface area (Å²) in [7, 11) is 0. The molecule has 0 aliphatic carbocycles. The fraction of sp³-hybridized carbons (Fsp3) is 0.200. The fourth-order valence-electron chi connectivity index (χ4n) is 2.85. The van der Waals surface area contributed by atoms with Gasteiger partial charge < -0.3 is 19.4 Å². The zero-order valence-electron chi connectivity index (χ0n) is 15.8. The van der Waals surface area contributed by atoms with Gasteiger partial charge in [-0.25, -0.2) is 0 Å². The number of ether oxygens (including phenoxy) is 2. The minimum Gasteiger partial charge on any atom is -0.474 e. The van der Waals surface area contributed by atoms with E-state index in [0.717, 1.165) is 12.1 Å². The van der Waals surface area contributed by atoms with Crippen molar-refractivity contribution in [3.63, 3.8) is 0 Å². The molecule has 3 rings (SSSR count). The molecule has 0 aliphatic heterocycles. The van der Waals surface area contributed by atoms with Crippen LogP contribution < -0.4 is 20.3 Å². The van der Waals surface area contributed by atoms with E-state index in [0.29, 0.717) is 17.0 Å². The number of aromatic amines is 2. The maximum absolute atomic E-state index is 12.5. The largest absolute Gasteiger partial charge is 0.573 e. The normalized spacial score (nSPS) is 11.4. The molecule has 0 unspecified atom stereocenters. The molecule has 158 valence electrons. The second-order valence-electron chi connectivity index (χ2n) is 6.45. The molecule has 0 saturated heterocycles. The number of aryl methyl sites for hydroxylation is 2. The summed E-state index contributed by atoms with van der Waals surface area (Å²) in [4.78, 5) is 30.7. The molecule has 0 spiro atoms. The molecule has 30 heavy (non-hydrogen) atoms. The Morgan fingerprint density at radius 2 is 1.73 bits per heavy atom. The summed E-state index contributed by atoms with van der Waals surface area (Å²) >= 11 is 6.00. The molecule has 1 aromatic carbocycles. The Bertz CT molecular complexity index is 1180. The van der Waals surface area contributed by atoms with E-state index in [2.05, 4.69) is 14.7 Å². The Kier molecular flexibility index (Phi) is 5.93. The van der Waals surface area contributed by atoms with Gasteiger partial charge in [-0.3, -0.25) is 9.59 Å². The molecule has 10 heteroatoms. The minimum atomic E-state index is -4.76. The summed E-state index contributed by atoms with van der Waals surface area (Å²) in [5.41, 5.74) is 0.965. The van der Waals surface area contributed by atoms with E-state index in [-0.39, 0.29) is 34.4 Å². The monoisotopic (exact) mass is 440 g/mol. The van der Waals surface area contributed by atoms with Crippen LogP contribution in [0.1, 0.15) is 17.0 Å². The third kappa shape index (κ3) is 4.85. The van der Waals surface area contributed by atoms with Gasteiger partial charge in [-0.05, 0) is 31.5 Å². The molecule has 0 amide bonds. The quantitative estimate of drug-likeness (QED) is 0.612. The number of benzene rings is 1. The highest BCUT2D eigenvalue weighted by Gasteiger charge is 2.30. The highest BCUT2D eigenvalue weighted by atomic mass is 35.5. The number of hydrogen-bond donors (Lipinski definition) is 2. The van der Waals surface area contributed by atoms with Crippen molar-refractivity contribution in [3.8, 4) is 22.8 Å². The smallest absolute Gasteiger partial charge is 0.474 e. The van der Waals surface area contributed by atoms with Crippen LogP contribution >= 0.6 is 11.6 Å². The fourth-order valence-corrected chi connectivity index (χ4v) is 3.00. The average Bonchev–Trinajstić information content (AvgIpc) is 2.66. The van der Waals surface area contributed by atoms with Crippen LogP contribution in [0.5, 0.6) is 11.6 Å². The molecule has 2 aromatic heterocycles. The van der Waals surface area contributed by atoms with E-state index in [4.69, 9.17) is 16.3 Å². The molecule has 0 bridgehead atoms. The zero-order valence-corrected chi connectivity index (χ0v) is 16.6. The summed E-state index contributed by atoms with van der Waals surface area (Å²) in [5, 5.41) is 0.00766. The van der Waals surface area contributed by atoms with Crippen LogP contribution in [-0.4, -0.2) is 16.3 Å². The van der Waals surface area contributed by atoms with E-state index in [1.165, 1.54) is 24.4 Å². The number of H-pyrrole nitrogens is 2. The topological polar surface area (TPSA) is 84.2 Å². The SMILES string of the molecule is Cc1[nH]c(C)c(-c2c[nH]c(OCc3ccc(OC(F)(F)F)cc3)cc2=O)c(=O)c1Cl. The van der Waals surface area contributed by atoms with Gasteiger partial charge >= 0.3 is 6.36 Å². The van der Waals surface area contributed by atoms with Gasteiger partial charge in [0, 0.05) is 23.7 Å². The highest BCUT2D eigenvalue weighted by molar-refractivity contribution is 6.31. The Hall–Kier alpha value is -3.20. The molecule has 6 nitrogen and oxygen atoms in total. The van der Waals surface area contributed by atoms with Crippen LogP contribution in [0, 0.1) is 13.8 Å². The number of halogens is 4. The lowest BCUT2D eigenvalue weighted by atomic mass is 10.0. The lowest BCUT2D eigenvalue weighted by Crippen LogP contribution is -2.17. The maximum atomic E-state index is 12.5. The van der Waals surface area contributed by atoms with E-state index in [1.807, 2.05) is 0 Å². The first-order valence-corrected chi connectivity index (χ1v) is 9.02. The first-order chi connectivity index (χ1) is 14.0. The van der Waals surface area contributed by atoms with Gasteiger partial charge in [0.1, 0.15) is 17.4 Å². The second kappa shape index (κ2) is 8.27. The van der Waals surface area contributed by atoms with Crippen LogP contribution in [0.4, 0.5) is 13.2 Å². The predicted molar refractivity (Wildman–Crippen MR) is 105 cm³/mol. The van der Waals surface area contributed by atoms with E-state index in [1.54, 1.807) is 13.8 Å². The molecule has 0 fully saturated rings. The van der Waals surface area contributed by atoms with Gasteiger partial charge in [0.25, 0.3) is 0 Å². The maximum Gasteiger partial charge on any atom is 0.573 e. The van der Waals surface area contributed by atoms with Crippen molar-refractivity contribution in [1.82, 2.24) is 9.97 Å². The highest BCUT2D eigenvalue weighted by Crippen LogP contribution is 2.23. The minimum absolute atomic E-state index is 0.00243. The van der Waals surface area contributed by atoms with Crippen LogP contribution in [0.25, 0.3) is 11.1 Å². The van der Waals surface area contributed by atoms with E-state index < -0.39 is 17.2 Å². The number of nitrogens with one attached hydrogen (secondary N) is 2. The van der Waals surface area contributed by atoms with Crippen molar-refractivity contribution in [2.45, 2.75) is 26.8 Å². The number of pyridine rings is 2. The van der Waals surface area contributed by atoms with Gasteiger partial charge in [-0.2, -0.15) is 0 Å². The van der Waals surface area contributed by atoms with Crippen LogP contribution in [0.3, 0.4) is 0 Å². The number of aromatic nitrogens is 2. The third-order valence-corrected chi connectivity index (χ3v) is 4.67. The molecule has 2 N–H and O–H groups in total. The number of alkyl halides is 3. The molecule has 2 heterocycles. The summed E-state index contributed by atoms with van der Waals surface area (Å²) in [6, 6.07) is 6.32. The summed E-state index contributed by atoms with van der Waals surface area (Å²) in [6.45, 7) is 3.32. The Labute approximate surface area is 173 Å². The van der Waals surface area contributed by atoms with Crippen molar-refractivity contribution >= 4 is 11.6 Å². The van der Waals surface area contributed by atoms with Gasteiger partial charge in [-0.15, -0.1) is 13.2 Å². The van der Waals surface area contributed by atoms with Gasteiger partial charge in [0.15, 0.2) is 11.3 Å². The van der Waals surface area contributed by atoms with Gasteiger partial charge in [-0.1, -0.05) is 23.7 Å². The molecular formula is C20H16ClF3N2O4. The van der Waals surface area contributed by atoms with Crippen molar-refractivity contribution < 1.29 is 22.6 Å². The van der Waals surface area contributed by atoms with Crippen LogP contribution in [0.15, 0.2) is 46.1 Å². The number of hydrogen-bond acceptors (Lipinski definition) is 4. The van der Waals surface area contributed by atoms with E-state index >= 15 is 0 Å². The summed E-state index contributed by atoms with van der Waals surface area (Å²) < 4.78 is 45.8. The molecule has 3 aromatic rings. The average molecular weight is 441 g/mol. The third-order valence-electron chi connectivity index (χ3n) is 4.21. The molecule has 0 radical (unpaired) electrons. The molecule has 0 aliphatic rings. The van der Waals surface area contributed by atoms with Crippen LogP contribution in [0.2, 0.25) is 5.02 Å². The van der Waals surface area contributed by atoms with Crippen molar-refractivity contribution in [1.29, 1.82) is 0 Å². The molecular weight excluding hydrogens is 425 g/mol. The number of rotatable bonds is 5. The summed E-state index contributed by atoms with van der Waals surface area (Å²) in [6.07, 6.45) is -3.41. The van der Waals surface area contributed by atoms with Crippen molar-refractivity contribution in [2.24, 2.45) is 0 Å². The Morgan fingerprint density at radius 1 is 1.07 bits per heavy atom. The lowest BCUT2D eigenvalue weighted by molar-refractivity contribution is -0.274.